The molecular formula is C23H46KNO2. The first-order chi connectivity index (χ1) is 12.7. The number of carbonyl (C=O) groups excluding carboxylic acids is 1. The van der Waals surface area contributed by atoms with Crippen LogP contribution >= 0.6 is 0 Å². The van der Waals surface area contributed by atoms with Crippen molar-refractivity contribution in [3.05, 3.63) is 0 Å². The summed E-state index contributed by atoms with van der Waals surface area (Å²) in [5, 5.41) is 14.4. The average Bonchev–Trinajstić information content (AvgIpc) is 2.63. The summed E-state index contributed by atoms with van der Waals surface area (Å²) in [6.45, 7) is 5.30. The van der Waals surface area contributed by atoms with Gasteiger partial charge in [0, 0.05) is 6.04 Å². The molecule has 0 aromatic heterocycles. The van der Waals surface area contributed by atoms with Crippen LogP contribution in [-0.4, -0.2) is 18.6 Å². The number of carboxylic acid groups (broad SMARTS) is 1. The first-order valence-electron chi connectivity index (χ1n) is 11.7. The van der Waals surface area contributed by atoms with Crippen LogP contribution in [0.15, 0.2) is 0 Å². The second-order valence-electron chi connectivity index (χ2n) is 7.92. The number of unbranched alkanes of at least 4 members (excludes halogenated alkanes) is 15. The van der Waals surface area contributed by atoms with Crippen molar-refractivity contribution in [2.75, 3.05) is 6.54 Å². The van der Waals surface area contributed by atoms with Crippen LogP contribution in [0.2, 0.25) is 0 Å². The number of aliphatic carboxylic acids is 1. The largest absolute Gasteiger partial charge is 1.00 e. The van der Waals surface area contributed by atoms with E-state index < -0.39 is 12.0 Å². The standard InChI is InChI=1S/C23H47NO2.K/c1-3-5-7-9-11-12-13-14-16-18-20-22(23(25)26)24-21-19-17-15-10-8-6-4-2;/h22,24H,3-21H2,1-2H3,(H,25,26);/q;+1/p-1. The molecule has 0 fully saturated rings. The minimum absolute atomic E-state index is 0. The third-order valence-corrected chi connectivity index (χ3v) is 5.30. The van der Waals surface area contributed by atoms with Gasteiger partial charge in [-0.05, 0) is 19.4 Å². The van der Waals surface area contributed by atoms with Gasteiger partial charge < -0.3 is 15.2 Å². The summed E-state index contributed by atoms with van der Waals surface area (Å²) >= 11 is 0. The van der Waals surface area contributed by atoms with Crippen molar-refractivity contribution in [3.8, 4) is 0 Å². The van der Waals surface area contributed by atoms with E-state index in [1.54, 1.807) is 0 Å². The summed E-state index contributed by atoms with van der Waals surface area (Å²) in [6.07, 6.45) is 22.4. The van der Waals surface area contributed by atoms with Crippen LogP contribution in [-0.2, 0) is 4.79 Å². The summed E-state index contributed by atoms with van der Waals surface area (Å²) in [6, 6.07) is -0.455. The number of nitrogens with one attached hydrogen (secondary N) is 1. The maximum Gasteiger partial charge on any atom is 1.00 e. The minimum atomic E-state index is -0.927. The molecule has 0 aromatic carbocycles. The summed E-state index contributed by atoms with van der Waals surface area (Å²) in [5.41, 5.74) is 0. The molecule has 0 aliphatic heterocycles. The topological polar surface area (TPSA) is 52.2 Å². The van der Waals surface area contributed by atoms with Gasteiger partial charge in [0.05, 0.1) is 5.97 Å². The van der Waals surface area contributed by atoms with Crippen molar-refractivity contribution >= 4 is 5.97 Å². The fourth-order valence-electron chi connectivity index (χ4n) is 3.50. The van der Waals surface area contributed by atoms with E-state index in [4.69, 9.17) is 0 Å². The summed E-state index contributed by atoms with van der Waals surface area (Å²) in [5.74, 6) is -0.927. The molecule has 1 unspecified atom stereocenters. The third kappa shape index (κ3) is 23.2. The van der Waals surface area contributed by atoms with E-state index in [0.29, 0.717) is 0 Å². The van der Waals surface area contributed by atoms with Crippen LogP contribution in [0, 0.1) is 0 Å². The predicted molar refractivity (Wildman–Crippen MR) is 111 cm³/mol. The number of carbonyl (C=O) groups is 1. The molecule has 0 saturated heterocycles. The molecule has 0 aromatic rings. The second-order valence-corrected chi connectivity index (χ2v) is 7.92. The Kier molecular flexibility index (Phi) is 28.1. The van der Waals surface area contributed by atoms with Gasteiger partial charge in [-0.1, -0.05) is 117 Å². The molecule has 1 atom stereocenters. The van der Waals surface area contributed by atoms with Crippen molar-refractivity contribution in [1.29, 1.82) is 0 Å². The molecule has 0 saturated carbocycles. The Morgan fingerprint density at radius 1 is 0.667 bits per heavy atom. The first kappa shape index (κ1) is 30.3. The number of rotatable bonds is 21. The fourth-order valence-corrected chi connectivity index (χ4v) is 3.50. The normalized spacial score (nSPS) is 11.9. The zero-order valence-corrected chi connectivity index (χ0v) is 22.0. The Balaban J connectivity index is 0. The molecule has 0 aliphatic rings. The summed E-state index contributed by atoms with van der Waals surface area (Å²) < 4.78 is 0. The monoisotopic (exact) mass is 407 g/mol. The molecule has 0 heterocycles. The van der Waals surface area contributed by atoms with E-state index in [1.165, 1.54) is 89.9 Å². The molecule has 0 rings (SSSR count). The second kappa shape index (κ2) is 25.1. The quantitative estimate of drug-likeness (QED) is 0.235. The molecule has 27 heavy (non-hydrogen) atoms. The van der Waals surface area contributed by atoms with E-state index >= 15 is 0 Å². The Bertz CT molecular complexity index is 300. The maximum absolute atomic E-state index is 11.3. The average molecular weight is 408 g/mol. The van der Waals surface area contributed by atoms with Gasteiger partial charge >= 0.3 is 51.4 Å². The molecule has 0 bridgehead atoms. The Hall–Kier alpha value is 1.07. The number of hydrogen-bond acceptors (Lipinski definition) is 3. The third-order valence-electron chi connectivity index (χ3n) is 5.30. The summed E-state index contributed by atoms with van der Waals surface area (Å²) in [4.78, 5) is 11.3. The van der Waals surface area contributed by atoms with Gasteiger partial charge in [0.15, 0.2) is 0 Å². The SMILES string of the molecule is CCCCCCCCCCCCC(NCCCCCCCCC)C(=O)[O-].[K+]. The van der Waals surface area contributed by atoms with Crippen molar-refractivity contribution < 1.29 is 61.3 Å². The predicted octanol–water partition coefficient (Wildman–Crippen LogP) is 2.76. The molecule has 0 radical (unpaired) electrons. The van der Waals surface area contributed by atoms with Crippen LogP contribution in [0.3, 0.4) is 0 Å². The van der Waals surface area contributed by atoms with Gasteiger partial charge in [-0.25, -0.2) is 0 Å². The minimum Gasteiger partial charge on any atom is -0.548 e. The first-order valence-corrected chi connectivity index (χ1v) is 11.7. The number of hydrogen-bond donors (Lipinski definition) is 1. The Morgan fingerprint density at radius 2 is 1.04 bits per heavy atom. The molecule has 1 N–H and O–H groups in total. The van der Waals surface area contributed by atoms with Crippen LogP contribution in [0.25, 0.3) is 0 Å². The zero-order chi connectivity index (χ0) is 19.3. The van der Waals surface area contributed by atoms with Crippen LogP contribution in [0.1, 0.15) is 129 Å². The van der Waals surface area contributed by atoms with E-state index in [9.17, 15) is 9.90 Å². The Labute approximate surface area is 212 Å². The van der Waals surface area contributed by atoms with Crippen LogP contribution < -0.4 is 61.8 Å². The van der Waals surface area contributed by atoms with Gasteiger partial charge in [0.1, 0.15) is 0 Å². The van der Waals surface area contributed by atoms with Gasteiger partial charge in [0.25, 0.3) is 0 Å². The van der Waals surface area contributed by atoms with E-state index in [1.807, 2.05) is 0 Å². The molecule has 156 valence electrons. The molecular weight excluding hydrogens is 361 g/mol. The molecule has 0 spiro atoms. The van der Waals surface area contributed by atoms with Crippen molar-refractivity contribution in [2.45, 2.75) is 135 Å². The molecule has 0 aliphatic carbocycles. The van der Waals surface area contributed by atoms with Gasteiger partial charge in [-0.3, -0.25) is 0 Å². The van der Waals surface area contributed by atoms with Gasteiger partial charge in [-0.2, -0.15) is 0 Å². The number of carboxylic acids is 1. The Morgan fingerprint density at radius 3 is 1.44 bits per heavy atom. The molecule has 0 amide bonds. The molecule has 4 heteroatoms. The maximum atomic E-state index is 11.3. The fraction of sp³-hybridized carbons (Fsp3) is 0.957. The van der Waals surface area contributed by atoms with E-state index in [0.717, 1.165) is 32.2 Å². The van der Waals surface area contributed by atoms with Crippen molar-refractivity contribution in [1.82, 2.24) is 5.32 Å². The molecule has 3 nitrogen and oxygen atoms in total. The van der Waals surface area contributed by atoms with Gasteiger partial charge in [0.2, 0.25) is 0 Å². The van der Waals surface area contributed by atoms with Crippen molar-refractivity contribution in [2.24, 2.45) is 0 Å². The smallest absolute Gasteiger partial charge is 0.548 e. The van der Waals surface area contributed by atoms with E-state index in [-0.39, 0.29) is 51.4 Å². The van der Waals surface area contributed by atoms with Crippen LogP contribution in [0.5, 0.6) is 0 Å². The zero-order valence-electron chi connectivity index (χ0n) is 18.8. The van der Waals surface area contributed by atoms with Crippen molar-refractivity contribution in [3.63, 3.8) is 0 Å². The summed E-state index contributed by atoms with van der Waals surface area (Å²) in [7, 11) is 0. The van der Waals surface area contributed by atoms with Crippen LogP contribution in [0.4, 0.5) is 0 Å². The van der Waals surface area contributed by atoms with Gasteiger partial charge in [-0.15, -0.1) is 0 Å². The van der Waals surface area contributed by atoms with E-state index in [2.05, 4.69) is 19.2 Å².